The number of anilines is 1. The van der Waals surface area contributed by atoms with Crippen LogP contribution >= 0.6 is 0 Å². The predicted molar refractivity (Wildman–Crippen MR) is 115 cm³/mol. The largest absolute Gasteiger partial charge is 0.320 e. The van der Waals surface area contributed by atoms with Crippen LogP contribution in [0, 0.1) is 6.92 Å². The van der Waals surface area contributed by atoms with Gasteiger partial charge in [0.05, 0.1) is 11.2 Å². The fraction of sp³-hybridized carbons (Fsp3) is 0.120. The van der Waals surface area contributed by atoms with E-state index in [1.807, 2.05) is 61.5 Å². The normalized spacial score (nSPS) is 10.8. The molecule has 4 aromatic rings. The summed E-state index contributed by atoms with van der Waals surface area (Å²) < 4.78 is 0. The van der Waals surface area contributed by atoms with Gasteiger partial charge in [0, 0.05) is 17.1 Å². The van der Waals surface area contributed by atoms with Gasteiger partial charge in [-0.1, -0.05) is 66.2 Å². The molecule has 0 aliphatic rings. The minimum atomic E-state index is -0.0927. The molecule has 1 amide bonds. The lowest BCUT2D eigenvalue weighted by molar-refractivity contribution is 0.102. The number of amides is 1. The molecule has 3 nitrogen and oxygen atoms in total. The second-order valence-electron chi connectivity index (χ2n) is 6.98. The zero-order valence-electron chi connectivity index (χ0n) is 15.9. The summed E-state index contributed by atoms with van der Waals surface area (Å²) in [5.41, 5.74) is 5.66. The van der Waals surface area contributed by atoms with Gasteiger partial charge in [0.1, 0.15) is 0 Å². The molecule has 0 aliphatic heterocycles. The van der Waals surface area contributed by atoms with E-state index in [9.17, 15) is 4.79 Å². The lowest BCUT2D eigenvalue weighted by Gasteiger charge is -2.13. The van der Waals surface area contributed by atoms with Crippen molar-refractivity contribution in [1.29, 1.82) is 0 Å². The van der Waals surface area contributed by atoms with Gasteiger partial charge < -0.3 is 5.32 Å². The van der Waals surface area contributed by atoms with Crippen molar-refractivity contribution in [2.24, 2.45) is 0 Å². The van der Waals surface area contributed by atoms with Crippen LogP contribution in [0.25, 0.3) is 10.9 Å². The van der Waals surface area contributed by atoms with Gasteiger partial charge in [0.15, 0.2) is 0 Å². The van der Waals surface area contributed by atoms with E-state index < -0.39 is 0 Å². The maximum absolute atomic E-state index is 13.1. The number of nitrogens with zero attached hydrogens (tertiary/aromatic N) is 1. The Balaban J connectivity index is 1.60. The van der Waals surface area contributed by atoms with E-state index in [1.165, 1.54) is 5.56 Å². The summed E-state index contributed by atoms with van der Waals surface area (Å²) >= 11 is 0. The molecule has 0 bridgehead atoms. The molecule has 3 heteroatoms. The molecule has 28 heavy (non-hydrogen) atoms. The second kappa shape index (κ2) is 8.05. The van der Waals surface area contributed by atoms with Gasteiger partial charge in [0.2, 0.25) is 0 Å². The van der Waals surface area contributed by atoms with Crippen LogP contribution in [0.5, 0.6) is 0 Å². The third kappa shape index (κ3) is 3.94. The maximum Gasteiger partial charge on any atom is 0.256 e. The molecule has 0 fully saturated rings. The highest BCUT2D eigenvalue weighted by Gasteiger charge is 2.14. The smallest absolute Gasteiger partial charge is 0.256 e. The third-order valence-corrected chi connectivity index (χ3v) is 4.92. The second-order valence-corrected chi connectivity index (χ2v) is 6.98. The molecule has 4 rings (SSSR count). The van der Waals surface area contributed by atoms with E-state index in [-0.39, 0.29) is 5.91 Å². The van der Waals surface area contributed by atoms with Gasteiger partial charge in [-0.15, -0.1) is 0 Å². The molecule has 3 aromatic carbocycles. The average Bonchev–Trinajstić information content (AvgIpc) is 2.74. The number of nitrogens with one attached hydrogen (secondary N) is 1. The number of fused-ring (bicyclic) bond motifs is 1. The number of hydrogen-bond acceptors (Lipinski definition) is 2. The molecule has 0 spiro atoms. The van der Waals surface area contributed by atoms with E-state index in [4.69, 9.17) is 0 Å². The molecule has 0 saturated carbocycles. The molecule has 0 aliphatic carbocycles. The summed E-state index contributed by atoms with van der Waals surface area (Å²) in [5, 5.41) is 4.07. The lowest BCUT2D eigenvalue weighted by Crippen LogP contribution is -2.15. The number of para-hydroxylation sites is 1. The lowest BCUT2D eigenvalue weighted by atomic mass is 9.97. The minimum Gasteiger partial charge on any atom is -0.320 e. The minimum absolute atomic E-state index is 0.0927. The molecule has 0 radical (unpaired) electrons. The first kappa shape index (κ1) is 17.9. The summed E-state index contributed by atoms with van der Waals surface area (Å²) in [5.74, 6) is -0.0927. The molecule has 1 heterocycles. The van der Waals surface area contributed by atoms with Gasteiger partial charge in [-0.25, -0.2) is 0 Å². The fourth-order valence-corrected chi connectivity index (χ4v) is 3.44. The Morgan fingerprint density at radius 3 is 2.57 bits per heavy atom. The van der Waals surface area contributed by atoms with Crippen molar-refractivity contribution in [2.45, 2.75) is 19.8 Å². The van der Waals surface area contributed by atoms with E-state index in [0.717, 1.165) is 46.1 Å². The van der Waals surface area contributed by atoms with Gasteiger partial charge in [-0.05, 0) is 49.1 Å². The topological polar surface area (TPSA) is 42.0 Å². The highest BCUT2D eigenvalue weighted by molar-refractivity contribution is 6.09. The average molecular weight is 366 g/mol. The molecule has 0 atom stereocenters. The van der Waals surface area contributed by atoms with E-state index >= 15 is 0 Å². The summed E-state index contributed by atoms with van der Waals surface area (Å²) in [6.45, 7) is 2.01. The quantitative estimate of drug-likeness (QED) is 0.501. The maximum atomic E-state index is 13.1. The van der Waals surface area contributed by atoms with Crippen molar-refractivity contribution in [1.82, 2.24) is 4.98 Å². The van der Waals surface area contributed by atoms with Crippen molar-refractivity contribution in [3.63, 3.8) is 0 Å². The third-order valence-electron chi connectivity index (χ3n) is 4.92. The van der Waals surface area contributed by atoms with Crippen LogP contribution in [-0.2, 0) is 12.8 Å². The molecule has 0 unspecified atom stereocenters. The van der Waals surface area contributed by atoms with Crippen LogP contribution in [0.1, 0.15) is 27.0 Å². The number of hydrogen-bond donors (Lipinski definition) is 1. The molecule has 1 N–H and O–H groups in total. The first-order valence-electron chi connectivity index (χ1n) is 9.49. The Hall–Kier alpha value is -3.46. The van der Waals surface area contributed by atoms with E-state index in [0.29, 0.717) is 0 Å². The van der Waals surface area contributed by atoms with Crippen LogP contribution in [0.2, 0.25) is 0 Å². The number of carbonyl (C=O) groups excluding carboxylic acids is 1. The zero-order chi connectivity index (χ0) is 19.3. The predicted octanol–water partition coefficient (Wildman–Crippen LogP) is 5.58. The first-order chi connectivity index (χ1) is 13.7. The summed E-state index contributed by atoms with van der Waals surface area (Å²) in [6.07, 6.45) is 3.47. The first-order valence-corrected chi connectivity index (χ1v) is 9.49. The zero-order valence-corrected chi connectivity index (χ0v) is 15.9. The summed E-state index contributed by atoms with van der Waals surface area (Å²) in [4.78, 5) is 17.5. The standard InChI is InChI=1S/C25H22N2O/c1-18-12-14-20(15-13-19-7-3-2-4-8-19)22(17-18)25(28)27-23-11-5-9-21-10-6-16-26-24(21)23/h2-12,14,16-17H,13,15H2,1H3,(H,27,28). The fourth-order valence-electron chi connectivity index (χ4n) is 3.44. The highest BCUT2D eigenvalue weighted by atomic mass is 16.1. The number of carbonyl (C=O) groups is 1. The van der Waals surface area contributed by atoms with Crippen molar-refractivity contribution >= 4 is 22.5 Å². The van der Waals surface area contributed by atoms with Gasteiger partial charge in [-0.3, -0.25) is 9.78 Å². The van der Waals surface area contributed by atoms with Crippen LogP contribution < -0.4 is 5.32 Å². The molecular weight excluding hydrogens is 344 g/mol. The van der Waals surface area contributed by atoms with Crippen molar-refractivity contribution < 1.29 is 4.79 Å². The van der Waals surface area contributed by atoms with Gasteiger partial charge in [0.25, 0.3) is 5.91 Å². The van der Waals surface area contributed by atoms with Crippen molar-refractivity contribution in [3.8, 4) is 0 Å². The monoisotopic (exact) mass is 366 g/mol. The summed E-state index contributed by atoms with van der Waals surface area (Å²) in [7, 11) is 0. The number of aryl methyl sites for hydroxylation is 3. The number of pyridine rings is 1. The van der Waals surface area contributed by atoms with Crippen LogP contribution in [0.15, 0.2) is 85.1 Å². The highest BCUT2D eigenvalue weighted by Crippen LogP contribution is 2.23. The van der Waals surface area contributed by atoms with Crippen molar-refractivity contribution in [2.75, 3.05) is 5.32 Å². The van der Waals surface area contributed by atoms with E-state index in [2.05, 4.69) is 34.6 Å². The summed E-state index contributed by atoms with van der Waals surface area (Å²) in [6, 6.07) is 26.2. The Morgan fingerprint density at radius 2 is 1.71 bits per heavy atom. The Kier molecular flexibility index (Phi) is 5.16. The Labute approximate surface area is 165 Å². The molecule has 0 saturated heterocycles. The molecule has 138 valence electrons. The van der Waals surface area contributed by atoms with Gasteiger partial charge >= 0.3 is 0 Å². The number of rotatable bonds is 5. The number of benzene rings is 3. The van der Waals surface area contributed by atoms with Crippen molar-refractivity contribution in [3.05, 3.63) is 107 Å². The Morgan fingerprint density at radius 1 is 0.893 bits per heavy atom. The van der Waals surface area contributed by atoms with Crippen LogP contribution in [0.4, 0.5) is 5.69 Å². The number of aromatic nitrogens is 1. The molecular formula is C25H22N2O. The SMILES string of the molecule is Cc1ccc(CCc2ccccc2)c(C(=O)Nc2cccc3cccnc23)c1. The van der Waals surface area contributed by atoms with Crippen LogP contribution in [-0.4, -0.2) is 10.9 Å². The van der Waals surface area contributed by atoms with Gasteiger partial charge in [-0.2, -0.15) is 0 Å². The van der Waals surface area contributed by atoms with Crippen LogP contribution in [0.3, 0.4) is 0 Å². The molecule has 1 aromatic heterocycles. The Bertz CT molecular complexity index is 1110. The van der Waals surface area contributed by atoms with E-state index in [1.54, 1.807) is 6.20 Å².